The van der Waals surface area contributed by atoms with E-state index >= 15 is 0 Å². The number of rotatable bonds is 5. The van der Waals surface area contributed by atoms with Gasteiger partial charge in [0.25, 0.3) is 0 Å². The van der Waals surface area contributed by atoms with Crippen molar-refractivity contribution in [1.82, 2.24) is 9.78 Å². The molecule has 24 heavy (non-hydrogen) atoms. The number of anilines is 1. The lowest BCUT2D eigenvalue weighted by Crippen LogP contribution is -2.30. The molecule has 0 saturated carbocycles. The maximum absolute atomic E-state index is 12.4. The zero-order valence-corrected chi connectivity index (χ0v) is 14.8. The average molecular weight is 349 g/mol. The molecule has 0 aliphatic carbocycles. The molecule has 2 heterocycles. The smallest absolute Gasteiger partial charge is 0.235 e. The molecular weight excluding hydrogens is 326 g/mol. The number of aryl methyl sites for hydroxylation is 2. The van der Waals surface area contributed by atoms with Crippen LogP contribution >= 0.6 is 0 Å². The summed E-state index contributed by atoms with van der Waals surface area (Å²) in [5.74, 6) is -0.00284. The second-order valence-corrected chi connectivity index (χ2v) is 8.03. The number of aromatic nitrogens is 2. The van der Waals surface area contributed by atoms with Crippen molar-refractivity contribution < 1.29 is 13.2 Å². The second kappa shape index (κ2) is 6.94. The second-order valence-electron chi connectivity index (χ2n) is 6.26. The molecular formula is C17H23N3O3S. The van der Waals surface area contributed by atoms with Crippen LogP contribution in [0.2, 0.25) is 0 Å². The van der Waals surface area contributed by atoms with Gasteiger partial charge in [0.05, 0.1) is 28.9 Å². The van der Waals surface area contributed by atoms with Gasteiger partial charge in [-0.15, -0.1) is 0 Å². The molecule has 1 saturated heterocycles. The SMILES string of the molecule is Cc1cc(C)n(-c2cccc(NS(=O)(=O)C[C@@H]3CCCCO3)c2)n1. The summed E-state index contributed by atoms with van der Waals surface area (Å²) in [7, 11) is -3.44. The number of nitrogens with zero attached hydrogens (tertiary/aromatic N) is 2. The molecule has 1 fully saturated rings. The highest BCUT2D eigenvalue weighted by atomic mass is 32.2. The van der Waals surface area contributed by atoms with Gasteiger partial charge in [-0.3, -0.25) is 4.72 Å². The lowest BCUT2D eigenvalue weighted by Gasteiger charge is -2.22. The molecule has 1 atom stereocenters. The van der Waals surface area contributed by atoms with Gasteiger partial charge in [-0.2, -0.15) is 5.10 Å². The molecule has 130 valence electrons. The zero-order valence-electron chi connectivity index (χ0n) is 14.0. The highest BCUT2D eigenvalue weighted by Gasteiger charge is 2.22. The number of benzene rings is 1. The molecule has 0 spiro atoms. The molecule has 1 aliphatic rings. The van der Waals surface area contributed by atoms with Crippen molar-refractivity contribution in [3.8, 4) is 5.69 Å². The van der Waals surface area contributed by atoms with Gasteiger partial charge in [0.2, 0.25) is 10.0 Å². The van der Waals surface area contributed by atoms with Gasteiger partial charge in [-0.05, 0) is 57.4 Å². The fraction of sp³-hybridized carbons (Fsp3) is 0.471. The molecule has 1 aromatic carbocycles. The summed E-state index contributed by atoms with van der Waals surface area (Å²) < 4.78 is 34.7. The van der Waals surface area contributed by atoms with Gasteiger partial charge >= 0.3 is 0 Å². The number of hydrogen-bond donors (Lipinski definition) is 1. The number of sulfonamides is 1. The minimum Gasteiger partial charge on any atom is -0.377 e. The Morgan fingerprint density at radius 3 is 2.79 bits per heavy atom. The van der Waals surface area contributed by atoms with Crippen molar-refractivity contribution in [3.05, 3.63) is 41.7 Å². The molecule has 3 rings (SSSR count). The van der Waals surface area contributed by atoms with Gasteiger partial charge in [-0.1, -0.05) is 6.07 Å². The fourth-order valence-corrected chi connectivity index (χ4v) is 4.32. The first-order valence-electron chi connectivity index (χ1n) is 8.19. The van der Waals surface area contributed by atoms with Crippen molar-refractivity contribution >= 4 is 15.7 Å². The Morgan fingerprint density at radius 1 is 1.29 bits per heavy atom. The number of nitrogens with one attached hydrogen (secondary N) is 1. The van der Waals surface area contributed by atoms with Crippen molar-refractivity contribution in [1.29, 1.82) is 0 Å². The average Bonchev–Trinajstić information content (AvgIpc) is 2.86. The van der Waals surface area contributed by atoms with E-state index in [1.54, 1.807) is 16.8 Å². The zero-order chi connectivity index (χ0) is 17.2. The highest BCUT2D eigenvalue weighted by molar-refractivity contribution is 7.92. The Labute approximate surface area is 142 Å². The lowest BCUT2D eigenvalue weighted by molar-refractivity contribution is 0.0306. The van der Waals surface area contributed by atoms with Crippen LogP contribution in [0.3, 0.4) is 0 Å². The molecule has 1 aliphatic heterocycles. The van der Waals surface area contributed by atoms with Crippen LogP contribution in [0.1, 0.15) is 30.7 Å². The summed E-state index contributed by atoms with van der Waals surface area (Å²) in [6.07, 6.45) is 2.62. The predicted octanol–water partition coefficient (Wildman–Crippen LogP) is 2.80. The van der Waals surface area contributed by atoms with Gasteiger partial charge in [0.15, 0.2) is 0 Å². The highest BCUT2D eigenvalue weighted by Crippen LogP contribution is 2.19. The van der Waals surface area contributed by atoms with Crippen LogP contribution in [0.15, 0.2) is 30.3 Å². The van der Waals surface area contributed by atoms with Crippen molar-refractivity contribution in [2.45, 2.75) is 39.2 Å². The van der Waals surface area contributed by atoms with E-state index in [0.717, 1.165) is 36.3 Å². The minimum atomic E-state index is -3.44. The van der Waals surface area contributed by atoms with E-state index in [1.807, 2.05) is 32.0 Å². The molecule has 0 amide bonds. The first kappa shape index (κ1) is 17.0. The third-order valence-electron chi connectivity index (χ3n) is 4.05. The summed E-state index contributed by atoms with van der Waals surface area (Å²) in [5, 5.41) is 4.43. The summed E-state index contributed by atoms with van der Waals surface area (Å²) in [5.41, 5.74) is 3.29. The molecule has 0 unspecified atom stereocenters. The van der Waals surface area contributed by atoms with Crippen LogP contribution in [-0.4, -0.2) is 36.7 Å². The molecule has 0 bridgehead atoms. The predicted molar refractivity (Wildman–Crippen MR) is 94.0 cm³/mol. The Hall–Kier alpha value is -1.86. The van der Waals surface area contributed by atoms with Gasteiger partial charge in [0.1, 0.15) is 0 Å². The van der Waals surface area contributed by atoms with E-state index in [9.17, 15) is 8.42 Å². The number of hydrogen-bond acceptors (Lipinski definition) is 4. The normalized spacial score (nSPS) is 18.5. The monoisotopic (exact) mass is 349 g/mol. The summed E-state index contributed by atoms with van der Waals surface area (Å²) in [6, 6.07) is 9.24. The van der Waals surface area contributed by atoms with Crippen LogP contribution in [0, 0.1) is 13.8 Å². The maximum Gasteiger partial charge on any atom is 0.235 e. The van der Waals surface area contributed by atoms with Crippen molar-refractivity contribution in [2.24, 2.45) is 0 Å². The maximum atomic E-state index is 12.4. The molecule has 2 aromatic rings. The van der Waals surface area contributed by atoms with E-state index in [-0.39, 0.29) is 11.9 Å². The van der Waals surface area contributed by atoms with Gasteiger partial charge in [-0.25, -0.2) is 13.1 Å². The van der Waals surface area contributed by atoms with E-state index < -0.39 is 10.0 Å². The lowest BCUT2D eigenvalue weighted by atomic mass is 10.1. The van der Waals surface area contributed by atoms with E-state index in [0.29, 0.717) is 12.3 Å². The fourth-order valence-electron chi connectivity index (χ4n) is 3.00. The van der Waals surface area contributed by atoms with Crippen molar-refractivity contribution in [2.75, 3.05) is 17.1 Å². The van der Waals surface area contributed by atoms with Crippen LogP contribution in [0.4, 0.5) is 5.69 Å². The first-order chi connectivity index (χ1) is 11.4. The van der Waals surface area contributed by atoms with Crippen molar-refractivity contribution in [3.63, 3.8) is 0 Å². The van der Waals surface area contributed by atoms with Gasteiger partial charge in [0, 0.05) is 12.3 Å². The first-order valence-corrected chi connectivity index (χ1v) is 9.84. The third kappa shape index (κ3) is 4.15. The molecule has 1 aromatic heterocycles. The van der Waals surface area contributed by atoms with E-state index in [1.165, 1.54) is 0 Å². The van der Waals surface area contributed by atoms with Crippen LogP contribution in [-0.2, 0) is 14.8 Å². The minimum absolute atomic E-state index is 0.00284. The Bertz CT molecular complexity index is 808. The summed E-state index contributed by atoms with van der Waals surface area (Å²) in [4.78, 5) is 0. The summed E-state index contributed by atoms with van der Waals surface area (Å²) in [6.45, 7) is 4.55. The molecule has 6 nitrogen and oxygen atoms in total. The van der Waals surface area contributed by atoms with Crippen LogP contribution in [0.25, 0.3) is 5.69 Å². The quantitative estimate of drug-likeness (QED) is 0.901. The largest absolute Gasteiger partial charge is 0.377 e. The van der Waals surface area contributed by atoms with Gasteiger partial charge < -0.3 is 4.74 Å². The van der Waals surface area contributed by atoms with E-state index in [2.05, 4.69) is 9.82 Å². The topological polar surface area (TPSA) is 73.2 Å². The Kier molecular flexibility index (Phi) is 4.91. The third-order valence-corrected chi connectivity index (χ3v) is 5.41. The van der Waals surface area contributed by atoms with E-state index in [4.69, 9.17) is 4.74 Å². The molecule has 1 N–H and O–H groups in total. The number of ether oxygens (including phenoxy) is 1. The Balaban J connectivity index is 1.75. The van der Waals surface area contributed by atoms with Crippen LogP contribution in [0.5, 0.6) is 0 Å². The standard InChI is InChI=1S/C17H23N3O3S/c1-13-10-14(2)20(18-13)16-7-5-6-15(11-16)19-24(21,22)12-17-8-3-4-9-23-17/h5-7,10-11,17,19H,3-4,8-9,12H2,1-2H3/t17-/m0/s1. The van der Waals surface area contributed by atoms with Crippen LogP contribution < -0.4 is 4.72 Å². The molecule has 0 radical (unpaired) electrons. The Morgan fingerprint density at radius 2 is 2.12 bits per heavy atom. The molecule has 7 heteroatoms. The summed E-state index contributed by atoms with van der Waals surface area (Å²) >= 11 is 0.